The molecule has 2 atom stereocenters. The molecule has 2 nitrogen and oxygen atoms in total. The van der Waals surface area contributed by atoms with Crippen LogP contribution < -0.4 is 10.1 Å². The number of benzene rings is 1. The van der Waals surface area contributed by atoms with Crippen LogP contribution in [0.4, 0.5) is 0 Å². The van der Waals surface area contributed by atoms with Gasteiger partial charge in [0, 0.05) is 19.0 Å². The molecule has 1 N–H and O–H groups in total. The fraction of sp³-hybridized carbons (Fsp3) is 0.467. The van der Waals surface area contributed by atoms with Crippen LogP contribution in [0.15, 0.2) is 36.4 Å². The van der Waals surface area contributed by atoms with Crippen LogP contribution in [0, 0.1) is 0 Å². The number of para-hydroxylation sites is 1. The van der Waals surface area contributed by atoms with E-state index in [1.807, 2.05) is 6.07 Å². The summed E-state index contributed by atoms with van der Waals surface area (Å²) in [6.07, 6.45) is 9.56. The molecule has 3 rings (SSSR count). The van der Waals surface area contributed by atoms with E-state index in [1.165, 1.54) is 24.8 Å². The topological polar surface area (TPSA) is 21.3 Å². The third-order valence-electron chi connectivity index (χ3n) is 3.62. The molecule has 0 saturated heterocycles. The molecule has 0 bridgehead atoms. The molecule has 0 fully saturated rings. The summed E-state index contributed by atoms with van der Waals surface area (Å²) in [7, 11) is 0. The molecular weight excluding hydrogens is 210 g/mol. The molecule has 0 aromatic heterocycles. The first-order valence-corrected chi connectivity index (χ1v) is 6.55. The maximum absolute atomic E-state index is 5.92. The Morgan fingerprint density at radius 2 is 2.18 bits per heavy atom. The van der Waals surface area contributed by atoms with Crippen molar-refractivity contribution < 1.29 is 4.74 Å². The molecule has 1 heterocycles. The fourth-order valence-corrected chi connectivity index (χ4v) is 2.64. The average molecular weight is 229 g/mol. The summed E-state index contributed by atoms with van der Waals surface area (Å²) in [5.41, 5.74) is 1.35. The smallest absolute Gasteiger partial charge is 0.123 e. The predicted molar refractivity (Wildman–Crippen MR) is 69.3 cm³/mol. The minimum Gasteiger partial charge on any atom is -0.488 e. The molecule has 0 amide bonds. The lowest BCUT2D eigenvalue weighted by atomic mass is 10.0. The predicted octanol–water partition coefficient (Wildman–Crippen LogP) is 2.69. The van der Waals surface area contributed by atoms with E-state index < -0.39 is 0 Å². The van der Waals surface area contributed by atoms with Crippen molar-refractivity contribution in [2.24, 2.45) is 0 Å². The van der Waals surface area contributed by atoms with Gasteiger partial charge in [-0.15, -0.1) is 0 Å². The highest BCUT2D eigenvalue weighted by atomic mass is 16.5. The van der Waals surface area contributed by atoms with E-state index in [0.29, 0.717) is 12.1 Å². The van der Waals surface area contributed by atoms with Crippen molar-refractivity contribution in [2.75, 3.05) is 6.54 Å². The minimum absolute atomic E-state index is 0.318. The lowest BCUT2D eigenvalue weighted by Gasteiger charge is -2.21. The van der Waals surface area contributed by atoms with Gasteiger partial charge in [0.2, 0.25) is 0 Å². The second kappa shape index (κ2) is 4.92. The summed E-state index contributed by atoms with van der Waals surface area (Å²) in [5, 5.41) is 3.62. The maximum Gasteiger partial charge on any atom is 0.123 e. The molecule has 1 aromatic carbocycles. The number of ether oxygens (including phenoxy) is 1. The Kier molecular flexibility index (Phi) is 3.14. The number of rotatable bonds is 3. The van der Waals surface area contributed by atoms with Crippen LogP contribution >= 0.6 is 0 Å². The zero-order chi connectivity index (χ0) is 11.5. The third-order valence-corrected chi connectivity index (χ3v) is 3.62. The normalized spacial score (nSPS) is 26.6. The van der Waals surface area contributed by atoms with Crippen LogP contribution in [0.1, 0.15) is 24.8 Å². The first-order valence-electron chi connectivity index (χ1n) is 6.55. The van der Waals surface area contributed by atoms with Crippen molar-refractivity contribution in [3.8, 4) is 5.75 Å². The summed E-state index contributed by atoms with van der Waals surface area (Å²) >= 11 is 0. The van der Waals surface area contributed by atoms with Crippen molar-refractivity contribution in [1.82, 2.24) is 5.32 Å². The molecule has 2 heteroatoms. The summed E-state index contributed by atoms with van der Waals surface area (Å²) in [6, 6.07) is 9.01. The van der Waals surface area contributed by atoms with Crippen molar-refractivity contribution in [1.29, 1.82) is 0 Å². The van der Waals surface area contributed by atoms with Crippen LogP contribution in [0.5, 0.6) is 5.75 Å². The van der Waals surface area contributed by atoms with Crippen molar-refractivity contribution in [3.05, 3.63) is 42.0 Å². The van der Waals surface area contributed by atoms with Crippen molar-refractivity contribution >= 4 is 0 Å². The van der Waals surface area contributed by atoms with Gasteiger partial charge in [0.25, 0.3) is 0 Å². The highest BCUT2D eigenvalue weighted by Gasteiger charge is 2.22. The molecule has 0 radical (unpaired) electrons. The Labute approximate surface area is 103 Å². The van der Waals surface area contributed by atoms with E-state index in [-0.39, 0.29) is 0 Å². The molecule has 1 aromatic rings. The van der Waals surface area contributed by atoms with Gasteiger partial charge in [-0.3, -0.25) is 0 Å². The average Bonchev–Trinajstić information content (AvgIpc) is 2.80. The number of hydrogen-bond acceptors (Lipinski definition) is 2. The molecular formula is C15H19NO. The highest BCUT2D eigenvalue weighted by Crippen LogP contribution is 2.27. The third kappa shape index (κ3) is 2.52. The Morgan fingerprint density at radius 1 is 1.24 bits per heavy atom. The largest absolute Gasteiger partial charge is 0.488 e. The van der Waals surface area contributed by atoms with Gasteiger partial charge in [0.15, 0.2) is 0 Å². The number of nitrogens with one attached hydrogen (secondary N) is 1. The van der Waals surface area contributed by atoms with E-state index in [4.69, 9.17) is 4.74 Å². The second-order valence-corrected chi connectivity index (χ2v) is 4.94. The standard InChI is InChI=1S/C15H19NO/c1-2-7-13(8-3-1)16-11-14-10-12-6-4-5-9-15(12)17-14/h1-2,4-6,9,13-14,16H,3,7-8,10-11H2. The van der Waals surface area contributed by atoms with E-state index in [0.717, 1.165) is 18.7 Å². The van der Waals surface area contributed by atoms with Gasteiger partial charge in [0.1, 0.15) is 11.9 Å². The Hall–Kier alpha value is -1.28. The maximum atomic E-state index is 5.92. The van der Waals surface area contributed by atoms with Crippen molar-refractivity contribution in [3.63, 3.8) is 0 Å². The van der Waals surface area contributed by atoms with Crippen LogP contribution in [-0.4, -0.2) is 18.7 Å². The van der Waals surface area contributed by atoms with Gasteiger partial charge >= 0.3 is 0 Å². The lowest BCUT2D eigenvalue weighted by Crippen LogP contribution is -2.37. The quantitative estimate of drug-likeness (QED) is 0.805. The molecule has 0 spiro atoms. The first-order chi connectivity index (χ1) is 8.42. The minimum atomic E-state index is 0.318. The van der Waals surface area contributed by atoms with Crippen molar-refractivity contribution in [2.45, 2.75) is 37.8 Å². The van der Waals surface area contributed by atoms with Gasteiger partial charge in [-0.1, -0.05) is 30.4 Å². The fourth-order valence-electron chi connectivity index (χ4n) is 2.64. The molecule has 1 aliphatic carbocycles. The zero-order valence-corrected chi connectivity index (χ0v) is 10.1. The zero-order valence-electron chi connectivity index (χ0n) is 10.1. The van der Waals surface area contributed by atoms with Gasteiger partial charge in [0.05, 0.1) is 0 Å². The highest BCUT2D eigenvalue weighted by molar-refractivity contribution is 5.37. The van der Waals surface area contributed by atoms with E-state index in [2.05, 4.69) is 35.7 Å². The Balaban J connectivity index is 1.50. The number of hydrogen-bond donors (Lipinski definition) is 1. The second-order valence-electron chi connectivity index (χ2n) is 4.94. The molecule has 2 aliphatic rings. The molecule has 0 saturated carbocycles. The van der Waals surface area contributed by atoms with Crippen LogP contribution in [0.25, 0.3) is 0 Å². The number of allylic oxidation sites excluding steroid dienone is 1. The molecule has 1 aliphatic heterocycles. The summed E-state index contributed by atoms with van der Waals surface area (Å²) < 4.78 is 5.92. The van der Waals surface area contributed by atoms with Gasteiger partial charge in [-0.25, -0.2) is 0 Å². The SMILES string of the molecule is C1=CCC(NCC2Cc3ccccc3O2)CC1. The van der Waals surface area contributed by atoms with E-state index in [9.17, 15) is 0 Å². The van der Waals surface area contributed by atoms with Crippen LogP contribution in [0.3, 0.4) is 0 Å². The van der Waals surface area contributed by atoms with Gasteiger partial charge < -0.3 is 10.1 Å². The summed E-state index contributed by atoms with van der Waals surface area (Å²) in [4.78, 5) is 0. The monoisotopic (exact) mass is 229 g/mol. The Bertz CT molecular complexity index is 388. The van der Waals surface area contributed by atoms with E-state index >= 15 is 0 Å². The summed E-state index contributed by atoms with van der Waals surface area (Å²) in [6.45, 7) is 0.965. The summed E-state index contributed by atoms with van der Waals surface area (Å²) in [5.74, 6) is 1.07. The van der Waals surface area contributed by atoms with Crippen LogP contribution in [0.2, 0.25) is 0 Å². The van der Waals surface area contributed by atoms with Gasteiger partial charge in [-0.2, -0.15) is 0 Å². The number of fused-ring (bicyclic) bond motifs is 1. The Morgan fingerprint density at radius 3 is 3.00 bits per heavy atom. The molecule has 2 unspecified atom stereocenters. The molecule has 90 valence electrons. The first kappa shape index (κ1) is 10.8. The van der Waals surface area contributed by atoms with Gasteiger partial charge in [-0.05, 0) is 30.9 Å². The van der Waals surface area contributed by atoms with Crippen LogP contribution in [-0.2, 0) is 6.42 Å². The van der Waals surface area contributed by atoms with E-state index in [1.54, 1.807) is 0 Å². The lowest BCUT2D eigenvalue weighted by molar-refractivity contribution is 0.219. The molecule has 17 heavy (non-hydrogen) atoms.